The Hall–Kier alpha value is -2.04. The summed E-state index contributed by atoms with van der Waals surface area (Å²) in [5.41, 5.74) is 9.69. The largest absolute Gasteiger partial charge is 0.368 e. The molecule has 0 bridgehead atoms. The van der Waals surface area contributed by atoms with Gasteiger partial charge in [0.2, 0.25) is 11.9 Å². The maximum atomic E-state index is 5.45. The number of benzene rings is 1. The molecule has 3 rings (SSSR count). The van der Waals surface area contributed by atoms with Crippen LogP contribution in [0.3, 0.4) is 0 Å². The van der Waals surface area contributed by atoms with Crippen LogP contribution >= 0.6 is 0 Å². The molecule has 1 aromatic heterocycles. The van der Waals surface area contributed by atoms with Gasteiger partial charge in [0.05, 0.1) is 0 Å². The Morgan fingerprint density at radius 3 is 3.00 bits per heavy atom. The minimum absolute atomic E-state index is 0.335. The Labute approximate surface area is 99.4 Å². The molecule has 5 heteroatoms. The highest BCUT2D eigenvalue weighted by Gasteiger charge is 2.10. The molecular formula is C12H15N5. The summed E-state index contributed by atoms with van der Waals surface area (Å²) in [7, 11) is 0. The molecule has 4 N–H and O–H groups in total. The first-order chi connectivity index (χ1) is 8.31. The van der Waals surface area contributed by atoms with Gasteiger partial charge in [-0.05, 0) is 36.0 Å². The molecule has 0 unspecified atom stereocenters. The molecule has 0 radical (unpaired) electrons. The summed E-state index contributed by atoms with van der Waals surface area (Å²) >= 11 is 0. The van der Waals surface area contributed by atoms with Gasteiger partial charge in [0, 0.05) is 6.54 Å². The van der Waals surface area contributed by atoms with E-state index in [1.54, 1.807) is 0 Å². The summed E-state index contributed by atoms with van der Waals surface area (Å²) < 4.78 is 0. The number of nitrogens with two attached hydrogens (primary N) is 1. The molecule has 2 aromatic rings. The zero-order valence-corrected chi connectivity index (χ0v) is 9.53. The van der Waals surface area contributed by atoms with Crippen LogP contribution in [0.1, 0.15) is 23.1 Å². The van der Waals surface area contributed by atoms with Gasteiger partial charge in [-0.1, -0.05) is 18.2 Å². The van der Waals surface area contributed by atoms with E-state index in [4.69, 9.17) is 5.73 Å². The van der Waals surface area contributed by atoms with Gasteiger partial charge in [0.15, 0.2) is 0 Å². The second kappa shape index (κ2) is 4.08. The standard InChI is InChI=1S/C12H15N5/c13-11-15-12(17-16-11)14-7-8-4-5-9-2-1-3-10(9)6-8/h4-6H,1-3,7H2,(H4,13,14,15,16,17). The molecule has 1 aliphatic rings. The highest BCUT2D eigenvalue weighted by molar-refractivity contribution is 5.37. The van der Waals surface area contributed by atoms with Gasteiger partial charge in [-0.25, -0.2) is 5.10 Å². The van der Waals surface area contributed by atoms with Crippen LogP contribution in [-0.4, -0.2) is 15.2 Å². The van der Waals surface area contributed by atoms with Crippen molar-refractivity contribution in [1.29, 1.82) is 0 Å². The number of anilines is 2. The lowest BCUT2D eigenvalue weighted by Crippen LogP contribution is -2.01. The predicted molar refractivity (Wildman–Crippen MR) is 66.6 cm³/mol. The van der Waals surface area contributed by atoms with E-state index in [9.17, 15) is 0 Å². The van der Waals surface area contributed by atoms with Crippen molar-refractivity contribution in [1.82, 2.24) is 15.2 Å². The van der Waals surface area contributed by atoms with Crippen LogP contribution in [0.2, 0.25) is 0 Å². The quantitative estimate of drug-likeness (QED) is 0.745. The van der Waals surface area contributed by atoms with E-state index in [1.807, 2.05) is 0 Å². The number of fused-ring (bicyclic) bond motifs is 1. The third-order valence-electron chi connectivity index (χ3n) is 3.12. The average molecular weight is 229 g/mol. The Morgan fingerprint density at radius 2 is 2.18 bits per heavy atom. The zero-order valence-electron chi connectivity index (χ0n) is 9.53. The SMILES string of the molecule is Nc1nc(NCc2ccc3c(c2)CCC3)n[nH]1. The fourth-order valence-corrected chi connectivity index (χ4v) is 2.27. The van der Waals surface area contributed by atoms with E-state index in [0.29, 0.717) is 11.9 Å². The second-order valence-electron chi connectivity index (χ2n) is 4.35. The van der Waals surface area contributed by atoms with Crippen LogP contribution in [0.15, 0.2) is 18.2 Å². The number of nitrogens with one attached hydrogen (secondary N) is 2. The van der Waals surface area contributed by atoms with Crippen molar-refractivity contribution in [3.05, 3.63) is 34.9 Å². The highest BCUT2D eigenvalue weighted by atomic mass is 15.3. The van der Waals surface area contributed by atoms with Crippen LogP contribution in [-0.2, 0) is 19.4 Å². The summed E-state index contributed by atoms with van der Waals surface area (Å²) in [4.78, 5) is 4.00. The first-order valence-electron chi connectivity index (χ1n) is 5.84. The van der Waals surface area contributed by atoms with Gasteiger partial charge in [-0.2, -0.15) is 4.98 Å². The van der Waals surface area contributed by atoms with Gasteiger partial charge in [-0.3, -0.25) is 0 Å². The van der Waals surface area contributed by atoms with Crippen molar-refractivity contribution in [3.63, 3.8) is 0 Å². The molecule has 1 heterocycles. The Balaban J connectivity index is 1.69. The van der Waals surface area contributed by atoms with E-state index >= 15 is 0 Å². The van der Waals surface area contributed by atoms with Gasteiger partial charge in [-0.15, -0.1) is 5.10 Å². The molecule has 1 aromatic carbocycles. The van der Waals surface area contributed by atoms with E-state index in [1.165, 1.54) is 36.0 Å². The van der Waals surface area contributed by atoms with Crippen LogP contribution < -0.4 is 11.1 Å². The van der Waals surface area contributed by atoms with Gasteiger partial charge >= 0.3 is 0 Å². The van der Waals surface area contributed by atoms with Crippen molar-refractivity contribution in [2.75, 3.05) is 11.1 Å². The van der Waals surface area contributed by atoms with E-state index in [0.717, 1.165) is 6.54 Å². The molecule has 5 nitrogen and oxygen atoms in total. The molecule has 1 aliphatic carbocycles. The topological polar surface area (TPSA) is 79.6 Å². The Bertz CT molecular complexity index is 531. The summed E-state index contributed by atoms with van der Waals surface area (Å²) in [6, 6.07) is 6.66. The second-order valence-corrected chi connectivity index (χ2v) is 4.35. The van der Waals surface area contributed by atoms with Crippen molar-refractivity contribution >= 4 is 11.9 Å². The lowest BCUT2D eigenvalue weighted by atomic mass is 10.1. The smallest absolute Gasteiger partial charge is 0.243 e. The molecule has 17 heavy (non-hydrogen) atoms. The molecule has 0 aliphatic heterocycles. The van der Waals surface area contributed by atoms with Crippen LogP contribution in [0.5, 0.6) is 0 Å². The van der Waals surface area contributed by atoms with Crippen molar-refractivity contribution in [2.24, 2.45) is 0 Å². The number of nitrogens with zero attached hydrogens (tertiary/aromatic N) is 2. The number of H-pyrrole nitrogens is 1. The number of rotatable bonds is 3. The molecule has 0 amide bonds. The van der Waals surface area contributed by atoms with Crippen LogP contribution in [0, 0.1) is 0 Å². The van der Waals surface area contributed by atoms with Crippen LogP contribution in [0.4, 0.5) is 11.9 Å². The van der Waals surface area contributed by atoms with Crippen LogP contribution in [0.25, 0.3) is 0 Å². The number of hydrogen-bond donors (Lipinski definition) is 3. The van der Waals surface area contributed by atoms with Gasteiger partial charge in [0.25, 0.3) is 0 Å². The number of aromatic amines is 1. The normalized spacial score (nSPS) is 13.6. The third-order valence-corrected chi connectivity index (χ3v) is 3.12. The predicted octanol–water partition coefficient (Wildman–Crippen LogP) is 1.49. The monoisotopic (exact) mass is 229 g/mol. The first kappa shape index (κ1) is 10.1. The van der Waals surface area contributed by atoms with E-state index < -0.39 is 0 Å². The molecule has 0 fully saturated rings. The highest BCUT2D eigenvalue weighted by Crippen LogP contribution is 2.23. The lowest BCUT2D eigenvalue weighted by Gasteiger charge is -2.05. The Morgan fingerprint density at radius 1 is 1.29 bits per heavy atom. The number of hydrogen-bond acceptors (Lipinski definition) is 4. The minimum Gasteiger partial charge on any atom is -0.368 e. The number of aryl methyl sites for hydroxylation is 2. The molecule has 0 atom stereocenters. The maximum absolute atomic E-state index is 5.45. The molecular weight excluding hydrogens is 214 g/mol. The Kier molecular flexibility index (Phi) is 2.44. The zero-order chi connectivity index (χ0) is 11.7. The number of aromatic nitrogens is 3. The lowest BCUT2D eigenvalue weighted by molar-refractivity contribution is 0.911. The molecule has 0 saturated heterocycles. The van der Waals surface area contributed by atoms with Crippen molar-refractivity contribution in [3.8, 4) is 0 Å². The molecule has 0 saturated carbocycles. The van der Waals surface area contributed by atoms with Gasteiger partial charge in [0.1, 0.15) is 0 Å². The number of nitrogen functional groups attached to an aromatic ring is 1. The van der Waals surface area contributed by atoms with E-state index in [-0.39, 0.29) is 0 Å². The molecule has 88 valence electrons. The fraction of sp³-hybridized carbons (Fsp3) is 0.333. The summed E-state index contributed by atoms with van der Waals surface area (Å²) in [5, 5.41) is 9.67. The summed E-state index contributed by atoms with van der Waals surface area (Å²) in [6.07, 6.45) is 3.71. The van der Waals surface area contributed by atoms with Crippen molar-refractivity contribution < 1.29 is 0 Å². The minimum atomic E-state index is 0.335. The summed E-state index contributed by atoms with van der Waals surface area (Å²) in [6.45, 7) is 0.727. The average Bonchev–Trinajstić information content (AvgIpc) is 2.94. The summed E-state index contributed by atoms with van der Waals surface area (Å²) in [5.74, 6) is 0.879. The van der Waals surface area contributed by atoms with Gasteiger partial charge < -0.3 is 11.1 Å². The maximum Gasteiger partial charge on any atom is 0.243 e. The van der Waals surface area contributed by atoms with Crippen molar-refractivity contribution in [2.45, 2.75) is 25.8 Å². The van der Waals surface area contributed by atoms with E-state index in [2.05, 4.69) is 38.7 Å². The first-order valence-corrected chi connectivity index (χ1v) is 5.84. The fourth-order valence-electron chi connectivity index (χ4n) is 2.27. The third kappa shape index (κ3) is 2.08. The molecule has 0 spiro atoms.